The largest absolute Gasteiger partial charge is 0.465 e. The van der Waals surface area contributed by atoms with Crippen molar-refractivity contribution >= 4 is 5.97 Å². The van der Waals surface area contributed by atoms with E-state index < -0.39 is 0 Å². The monoisotopic (exact) mass is 319 g/mol. The Balaban J connectivity index is 1.68. The number of ether oxygens (including phenoxy) is 3. The van der Waals surface area contributed by atoms with Gasteiger partial charge in [0.2, 0.25) is 0 Å². The number of rotatable bonds is 4. The zero-order valence-corrected chi connectivity index (χ0v) is 13.9. The molecule has 5 nitrogen and oxygen atoms in total. The van der Waals surface area contributed by atoms with Crippen molar-refractivity contribution in [3.8, 4) is 0 Å². The first-order valence-electron chi connectivity index (χ1n) is 8.29. The summed E-state index contributed by atoms with van der Waals surface area (Å²) in [5.41, 5.74) is 2.84. The molecular formula is C18H25NO4. The first-order valence-corrected chi connectivity index (χ1v) is 8.29. The fourth-order valence-electron chi connectivity index (χ4n) is 3.17. The van der Waals surface area contributed by atoms with Crippen LogP contribution in [0.1, 0.15) is 32.6 Å². The van der Waals surface area contributed by atoms with Gasteiger partial charge < -0.3 is 19.5 Å². The summed E-state index contributed by atoms with van der Waals surface area (Å²) < 4.78 is 16.3. The molecule has 2 unspecified atom stereocenters. The number of allylic oxidation sites excluding steroid dienone is 2. The lowest BCUT2D eigenvalue weighted by Crippen LogP contribution is -2.39. The molecule has 5 heteroatoms. The predicted molar refractivity (Wildman–Crippen MR) is 86.5 cm³/mol. The molecule has 3 aliphatic rings. The van der Waals surface area contributed by atoms with Crippen LogP contribution in [0.2, 0.25) is 0 Å². The fourth-order valence-corrected chi connectivity index (χ4v) is 3.17. The maximum atomic E-state index is 11.7. The highest BCUT2D eigenvalue weighted by atomic mass is 16.7. The highest BCUT2D eigenvalue weighted by Gasteiger charge is 2.34. The molecule has 1 saturated heterocycles. The fraction of sp³-hybridized carbons (Fsp3) is 0.611. The predicted octanol–water partition coefficient (Wildman–Crippen LogP) is 2.45. The van der Waals surface area contributed by atoms with Crippen LogP contribution in [0.5, 0.6) is 0 Å². The third-order valence-electron chi connectivity index (χ3n) is 4.80. The summed E-state index contributed by atoms with van der Waals surface area (Å²) in [4.78, 5) is 11.7. The van der Waals surface area contributed by atoms with Crippen LogP contribution in [0, 0.1) is 5.41 Å². The average molecular weight is 319 g/mol. The number of methoxy groups -OCH3 is 1. The van der Waals surface area contributed by atoms with Crippen LogP contribution in [-0.2, 0) is 19.0 Å². The maximum absolute atomic E-state index is 11.7. The van der Waals surface area contributed by atoms with E-state index in [1.165, 1.54) is 7.11 Å². The molecule has 2 aliphatic heterocycles. The standard InChI is InChI=1S/C18H25NO4/c1-18-7-6-13(17(20)21-2)9-14(18)10-15(19-12-18)11-23-16-5-3-4-8-22-16/h6,9-10,16,19H,3-5,7-8,11-12H2,1-2H3. The van der Waals surface area contributed by atoms with Gasteiger partial charge in [0, 0.05) is 24.3 Å². The summed E-state index contributed by atoms with van der Waals surface area (Å²) in [7, 11) is 1.41. The second kappa shape index (κ2) is 6.89. The summed E-state index contributed by atoms with van der Waals surface area (Å²) in [6.07, 6.45) is 9.97. The molecule has 0 radical (unpaired) electrons. The van der Waals surface area contributed by atoms with Gasteiger partial charge in [-0.15, -0.1) is 0 Å². The van der Waals surface area contributed by atoms with Gasteiger partial charge in [-0.25, -0.2) is 4.79 Å². The van der Waals surface area contributed by atoms with Crippen molar-refractivity contribution < 1.29 is 19.0 Å². The van der Waals surface area contributed by atoms with E-state index in [-0.39, 0.29) is 17.7 Å². The van der Waals surface area contributed by atoms with Crippen molar-refractivity contribution in [2.75, 3.05) is 26.9 Å². The van der Waals surface area contributed by atoms with Crippen LogP contribution in [-0.4, -0.2) is 39.1 Å². The third-order valence-corrected chi connectivity index (χ3v) is 4.80. The molecule has 1 N–H and O–H groups in total. The number of esters is 1. The molecule has 126 valence electrons. The van der Waals surface area contributed by atoms with E-state index in [9.17, 15) is 4.79 Å². The maximum Gasteiger partial charge on any atom is 0.337 e. The van der Waals surface area contributed by atoms with Gasteiger partial charge in [-0.1, -0.05) is 13.0 Å². The van der Waals surface area contributed by atoms with Crippen molar-refractivity contribution in [3.63, 3.8) is 0 Å². The van der Waals surface area contributed by atoms with Gasteiger partial charge in [-0.3, -0.25) is 0 Å². The molecule has 2 atom stereocenters. The molecule has 2 heterocycles. The Morgan fingerprint density at radius 2 is 2.30 bits per heavy atom. The molecule has 0 bridgehead atoms. The molecule has 0 aromatic rings. The average Bonchev–Trinajstić information content (AvgIpc) is 2.59. The Bertz CT molecular complexity index is 557. The Hall–Kier alpha value is -1.59. The van der Waals surface area contributed by atoms with E-state index in [0.29, 0.717) is 12.2 Å². The van der Waals surface area contributed by atoms with Gasteiger partial charge in [0.1, 0.15) is 0 Å². The van der Waals surface area contributed by atoms with Crippen molar-refractivity contribution in [2.24, 2.45) is 5.41 Å². The van der Waals surface area contributed by atoms with Crippen LogP contribution in [0.4, 0.5) is 0 Å². The minimum absolute atomic E-state index is 0.0162. The highest BCUT2D eigenvalue weighted by molar-refractivity contribution is 5.92. The molecule has 23 heavy (non-hydrogen) atoms. The van der Waals surface area contributed by atoms with Crippen molar-refractivity contribution in [3.05, 3.63) is 35.1 Å². The van der Waals surface area contributed by atoms with Crippen molar-refractivity contribution in [1.82, 2.24) is 5.32 Å². The van der Waals surface area contributed by atoms with Crippen LogP contribution >= 0.6 is 0 Å². The smallest absolute Gasteiger partial charge is 0.337 e. The highest BCUT2D eigenvalue weighted by Crippen LogP contribution is 2.39. The van der Waals surface area contributed by atoms with Crippen molar-refractivity contribution in [1.29, 1.82) is 0 Å². The van der Waals surface area contributed by atoms with E-state index in [2.05, 4.69) is 18.3 Å². The normalized spacial score (nSPS) is 30.3. The van der Waals surface area contributed by atoms with Gasteiger partial charge >= 0.3 is 5.97 Å². The summed E-state index contributed by atoms with van der Waals surface area (Å²) in [6.45, 7) is 4.34. The van der Waals surface area contributed by atoms with E-state index in [0.717, 1.165) is 50.1 Å². The third kappa shape index (κ3) is 3.67. The topological polar surface area (TPSA) is 56.8 Å². The number of carbonyl (C=O) groups is 1. The molecular weight excluding hydrogens is 294 g/mol. The van der Waals surface area contributed by atoms with Gasteiger partial charge in [0.05, 0.1) is 19.3 Å². The molecule has 0 amide bonds. The molecule has 1 fully saturated rings. The summed E-state index contributed by atoms with van der Waals surface area (Å²) in [6, 6.07) is 0. The number of hydrogen-bond donors (Lipinski definition) is 1. The second-order valence-corrected chi connectivity index (χ2v) is 6.65. The summed E-state index contributed by atoms with van der Waals surface area (Å²) in [5.74, 6) is -0.278. The van der Waals surface area contributed by atoms with Crippen LogP contribution in [0.25, 0.3) is 0 Å². The number of nitrogens with one attached hydrogen (secondary N) is 1. The van der Waals surface area contributed by atoms with E-state index in [1.807, 2.05) is 12.2 Å². The Morgan fingerprint density at radius 1 is 1.43 bits per heavy atom. The lowest BCUT2D eigenvalue weighted by molar-refractivity contribution is -0.157. The van der Waals surface area contributed by atoms with Crippen molar-refractivity contribution in [2.45, 2.75) is 38.9 Å². The molecule has 0 spiro atoms. The molecule has 0 aromatic carbocycles. The zero-order valence-electron chi connectivity index (χ0n) is 13.9. The molecule has 0 aromatic heterocycles. The first-order chi connectivity index (χ1) is 11.1. The minimum Gasteiger partial charge on any atom is -0.465 e. The van der Waals surface area contributed by atoms with Crippen LogP contribution < -0.4 is 5.32 Å². The molecule has 1 aliphatic carbocycles. The van der Waals surface area contributed by atoms with E-state index in [1.54, 1.807) is 0 Å². The Kier molecular flexibility index (Phi) is 4.87. The lowest BCUT2D eigenvalue weighted by Gasteiger charge is -2.38. The van der Waals surface area contributed by atoms with E-state index >= 15 is 0 Å². The van der Waals surface area contributed by atoms with Gasteiger partial charge in [-0.05, 0) is 43.4 Å². The number of hydrogen-bond acceptors (Lipinski definition) is 5. The van der Waals surface area contributed by atoms with E-state index in [4.69, 9.17) is 14.2 Å². The Labute approximate surface area is 137 Å². The van der Waals surface area contributed by atoms with Gasteiger partial charge in [-0.2, -0.15) is 0 Å². The second-order valence-electron chi connectivity index (χ2n) is 6.65. The van der Waals surface area contributed by atoms with Gasteiger partial charge in [0.25, 0.3) is 0 Å². The van der Waals surface area contributed by atoms with Crippen LogP contribution in [0.15, 0.2) is 35.1 Å². The molecule has 0 saturated carbocycles. The minimum atomic E-state index is -0.278. The van der Waals surface area contributed by atoms with Gasteiger partial charge in [0.15, 0.2) is 6.29 Å². The number of fused-ring (bicyclic) bond motifs is 1. The first kappa shape index (κ1) is 16.3. The Morgan fingerprint density at radius 3 is 3.04 bits per heavy atom. The lowest BCUT2D eigenvalue weighted by atomic mass is 9.73. The summed E-state index contributed by atoms with van der Waals surface area (Å²) >= 11 is 0. The van der Waals surface area contributed by atoms with Crippen LogP contribution in [0.3, 0.4) is 0 Å². The summed E-state index contributed by atoms with van der Waals surface area (Å²) in [5, 5.41) is 3.45. The number of carbonyl (C=O) groups excluding carboxylic acids is 1. The quantitative estimate of drug-likeness (QED) is 0.807. The zero-order chi connectivity index (χ0) is 16.3. The molecule has 3 rings (SSSR count). The SMILES string of the molecule is COC(=O)C1=CCC2(C)CNC(COC3CCCCO3)=CC2=C1.